The first kappa shape index (κ1) is 19.7. The molecule has 0 amide bonds. The fourth-order valence-electron chi connectivity index (χ4n) is 4.09. The Hall–Kier alpha value is -3.92. The first-order valence-electron chi connectivity index (χ1n) is 11.2. The minimum atomic E-state index is 0.539. The van der Waals surface area contributed by atoms with Crippen molar-refractivity contribution in [2.24, 2.45) is 5.92 Å². The van der Waals surface area contributed by atoms with Gasteiger partial charge in [0.05, 0.1) is 37.0 Å². The molecule has 33 heavy (non-hydrogen) atoms. The third-order valence-corrected chi connectivity index (χ3v) is 6.08. The van der Waals surface area contributed by atoms with E-state index in [2.05, 4.69) is 59.7 Å². The molecule has 0 aromatic carbocycles. The van der Waals surface area contributed by atoms with E-state index in [0.717, 1.165) is 47.3 Å². The van der Waals surface area contributed by atoms with Crippen molar-refractivity contribution in [3.05, 3.63) is 72.8 Å². The van der Waals surface area contributed by atoms with Gasteiger partial charge in [-0.25, -0.2) is 9.67 Å². The van der Waals surface area contributed by atoms with Crippen LogP contribution in [0.5, 0.6) is 0 Å². The minimum absolute atomic E-state index is 0.539. The van der Waals surface area contributed by atoms with Crippen molar-refractivity contribution < 1.29 is 0 Å². The zero-order valence-electron chi connectivity index (χ0n) is 18.1. The Morgan fingerprint density at radius 3 is 2.79 bits per heavy atom. The van der Waals surface area contributed by atoms with E-state index >= 15 is 0 Å². The van der Waals surface area contributed by atoms with Gasteiger partial charge in [0.1, 0.15) is 17.0 Å². The lowest BCUT2D eigenvalue weighted by Crippen LogP contribution is -2.26. The molecule has 0 bridgehead atoms. The SMILES string of the molecule is c1cnn(-c2cncc(-c3cn(Cc4cn5cc(CNCC6CCC6)ccc5n4)nn3)c2)n1. The van der Waals surface area contributed by atoms with Gasteiger partial charge < -0.3 is 9.72 Å². The molecule has 6 rings (SSSR count). The smallest absolute Gasteiger partial charge is 0.137 e. The Morgan fingerprint density at radius 2 is 1.94 bits per heavy atom. The summed E-state index contributed by atoms with van der Waals surface area (Å²) in [6.07, 6.45) is 16.9. The van der Waals surface area contributed by atoms with Crippen LogP contribution in [0.2, 0.25) is 0 Å². The molecule has 10 nitrogen and oxygen atoms in total. The lowest BCUT2D eigenvalue weighted by Gasteiger charge is -2.25. The fraction of sp³-hybridized carbons (Fsp3) is 0.304. The molecule has 5 heterocycles. The molecule has 0 spiro atoms. The third-order valence-electron chi connectivity index (χ3n) is 6.08. The second-order valence-electron chi connectivity index (χ2n) is 8.51. The molecule has 5 aromatic heterocycles. The molecular formula is C23H24N10. The van der Waals surface area contributed by atoms with Crippen molar-refractivity contribution in [3.63, 3.8) is 0 Å². The standard InChI is InChI=1S/C23H24N10/c1-2-17(3-1)9-24-10-18-4-5-23-28-20(14-31(23)13-18)15-32-16-22(29-30-32)19-8-21(12-25-11-19)33-26-6-7-27-33/h4-8,11-14,16-17,24H,1-3,9-10,15H2. The van der Waals surface area contributed by atoms with E-state index in [1.165, 1.54) is 29.6 Å². The van der Waals surface area contributed by atoms with Gasteiger partial charge in [-0.15, -0.1) is 5.10 Å². The third kappa shape index (κ3) is 4.24. The first-order chi connectivity index (χ1) is 16.3. The molecule has 1 aliphatic carbocycles. The quantitative estimate of drug-likeness (QED) is 0.395. The number of nitrogens with one attached hydrogen (secondary N) is 1. The Labute approximate surface area is 190 Å². The number of hydrogen-bond acceptors (Lipinski definition) is 7. The lowest BCUT2D eigenvalue weighted by atomic mass is 9.85. The molecule has 0 saturated heterocycles. The summed E-state index contributed by atoms with van der Waals surface area (Å²) >= 11 is 0. The van der Waals surface area contributed by atoms with E-state index in [1.54, 1.807) is 29.5 Å². The number of rotatable bonds is 8. The van der Waals surface area contributed by atoms with Crippen molar-refractivity contribution in [3.8, 4) is 16.9 Å². The largest absolute Gasteiger partial charge is 0.312 e. The Balaban J connectivity index is 1.15. The van der Waals surface area contributed by atoms with E-state index in [4.69, 9.17) is 4.98 Å². The number of imidazole rings is 1. The molecule has 1 fully saturated rings. The highest BCUT2D eigenvalue weighted by Gasteiger charge is 2.16. The Morgan fingerprint density at radius 1 is 1.03 bits per heavy atom. The van der Waals surface area contributed by atoms with Gasteiger partial charge in [-0.1, -0.05) is 17.7 Å². The summed E-state index contributed by atoms with van der Waals surface area (Å²) in [4.78, 5) is 10.5. The number of aromatic nitrogens is 9. The van der Waals surface area contributed by atoms with Crippen molar-refractivity contribution in [2.75, 3.05) is 6.54 Å². The molecule has 5 aromatic rings. The van der Waals surface area contributed by atoms with E-state index in [9.17, 15) is 0 Å². The molecule has 0 radical (unpaired) electrons. The summed E-state index contributed by atoms with van der Waals surface area (Å²) in [6.45, 7) is 2.53. The van der Waals surface area contributed by atoms with E-state index < -0.39 is 0 Å². The maximum atomic E-state index is 4.73. The van der Waals surface area contributed by atoms with Crippen LogP contribution in [0.15, 0.2) is 61.6 Å². The molecule has 1 aliphatic rings. The van der Waals surface area contributed by atoms with E-state index in [-0.39, 0.29) is 0 Å². The topological polar surface area (TPSA) is 104 Å². The average Bonchev–Trinajstić information content (AvgIpc) is 3.56. The monoisotopic (exact) mass is 440 g/mol. The van der Waals surface area contributed by atoms with Crippen LogP contribution in [0.4, 0.5) is 0 Å². The van der Waals surface area contributed by atoms with Crippen molar-refractivity contribution >= 4 is 5.65 Å². The second kappa shape index (κ2) is 8.55. The summed E-state index contributed by atoms with van der Waals surface area (Å²) in [5, 5.41) is 20.5. The van der Waals surface area contributed by atoms with Gasteiger partial charge in [0.2, 0.25) is 0 Å². The van der Waals surface area contributed by atoms with Crippen LogP contribution >= 0.6 is 0 Å². The average molecular weight is 441 g/mol. The molecular weight excluding hydrogens is 416 g/mol. The maximum absolute atomic E-state index is 4.73. The van der Waals surface area contributed by atoms with E-state index in [1.807, 2.05) is 12.3 Å². The zero-order valence-corrected chi connectivity index (χ0v) is 18.1. The molecule has 0 aliphatic heterocycles. The molecule has 0 atom stereocenters. The molecule has 1 N–H and O–H groups in total. The highest BCUT2D eigenvalue weighted by Crippen LogP contribution is 2.25. The summed E-state index contributed by atoms with van der Waals surface area (Å²) in [5.74, 6) is 0.863. The van der Waals surface area contributed by atoms with Crippen LogP contribution in [0.3, 0.4) is 0 Å². The summed E-state index contributed by atoms with van der Waals surface area (Å²) in [7, 11) is 0. The van der Waals surface area contributed by atoms with Crippen LogP contribution in [0, 0.1) is 5.92 Å². The van der Waals surface area contributed by atoms with Gasteiger partial charge in [-0.2, -0.15) is 15.0 Å². The highest BCUT2D eigenvalue weighted by molar-refractivity contribution is 5.59. The van der Waals surface area contributed by atoms with Crippen molar-refractivity contribution in [1.29, 1.82) is 0 Å². The van der Waals surface area contributed by atoms with Crippen molar-refractivity contribution in [1.82, 2.24) is 49.7 Å². The Kier molecular flexibility index (Phi) is 5.11. The van der Waals surface area contributed by atoms with Gasteiger partial charge in [0.15, 0.2) is 0 Å². The fourth-order valence-corrected chi connectivity index (χ4v) is 4.09. The molecule has 10 heteroatoms. The van der Waals surface area contributed by atoms with Crippen LogP contribution in [0.1, 0.15) is 30.5 Å². The number of hydrogen-bond donors (Lipinski definition) is 1. The molecule has 1 saturated carbocycles. The molecule has 0 unspecified atom stereocenters. The van der Waals surface area contributed by atoms with E-state index in [0.29, 0.717) is 6.54 Å². The zero-order chi connectivity index (χ0) is 22.0. The number of nitrogens with zero attached hydrogens (tertiary/aromatic N) is 9. The van der Waals surface area contributed by atoms with Gasteiger partial charge >= 0.3 is 0 Å². The summed E-state index contributed by atoms with van der Waals surface area (Å²) in [5.41, 5.74) is 5.47. The van der Waals surface area contributed by atoms with Gasteiger partial charge in [-0.3, -0.25) is 4.98 Å². The van der Waals surface area contributed by atoms with Crippen molar-refractivity contribution in [2.45, 2.75) is 32.4 Å². The normalized spacial score (nSPS) is 14.1. The summed E-state index contributed by atoms with van der Waals surface area (Å²) < 4.78 is 3.87. The van der Waals surface area contributed by atoms with Crippen LogP contribution in [-0.4, -0.2) is 50.9 Å². The lowest BCUT2D eigenvalue weighted by molar-refractivity contribution is 0.301. The maximum Gasteiger partial charge on any atom is 0.137 e. The van der Waals surface area contributed by atoms with Gasteiger partial charge in [0, 0.05) is 30.7 Å². The number of fused-ring (bicyclic) bond motifs is 1. The number of pyridine rings is 2. The van der Waals surface area contributed by atoms with Gasteiger partial charge in [-0.05, 0) is 43.0 Å². The molecule has 166 valence electrons. The highest BCUT2D eigenvalue weighted by atomic mass is 15.5. The summed E-state index contributed by atoms with van der Waals surface area (Å²) in [6, 6.07) is 6.14. The van der Waals surface area contributed by atoms with Gasteiger partial charge in [0.25, 0.3) is 0 Å². The Bertz CT molecular complexity index is 1360. The first-order valence-corrected chi connectivity index (χ1v) is 11.2. The second-order valence-corrected chi connectivity index (χ2v) is 8.51. The van der Waals surface area contributed by atoms with Crippen LogP contribution < -0.4 is 5.32 Å². The van der Waals surface area contributed by atoms with Crippen LogP contribution in [-0.2, 0) is 13.1 Å². The van der Waals surface area contributed by atoms with Crippen LogP contribution in [0.25, 0.3) is 22.6 Å². The predicted octanol–water partition coefficient (Wildman–Crippen LogP) is 2.51. The predicted molar refractivity (Wildman–Crippen MR) is 122 cm³/mol. The minimum Gasteiger partial charge on any atom is -0.312 e.